The van der Waals surface area contributed by atoms with E-state index in [0.29, 0.717) is 17.8 Å². The lowest BCUT2D eigenvalue weighted by molar-refractivity contribution is -0.124. The van der Waals surface area contributed by atoms with Gasteiger partial charge in [-0.1, -0.05) is 5.21 Å². The van der Waals surface area contributed by atoms with Crippen LogP contribution >= 0.6 is 0 Å². The Morgan fingerprint density at radius 3 is 3.24 bits per heavy atom. The van der Waals surface area contributed by atoms with E-state index in [9.17, 15) is 4.79 Å². The van der Waals surface area contributed by atoms with Crippen molar-refractivity contribution in [3.05, 3.63) is 48.3 Å². The molecule has 2 N–H and O–H groups in total. The van der Waals surface area contributed by atoms with Gasteiger partial charge in [0.15, 0.2) is 5.58 Å². The summed E-state index contributed by atoms with van der Waals surface area (Å²) in [4.78, 5) is 14.8. The Labute approximate surface area is 118 Å². The standard InChI is InChI=1S/C13H11N5O3/c19-13(16-20)2-1-10-7-18(17-15-10)8-11-5-9-3-4-14-6-12(9)21-11/h1-7,20H,8H2,(H,16,19)/b2-1+. The van der Waals surface area contributed by atoms with E-state index in [4.69, 9.17) is 9.62 Å². The first-order valence-electron chi connectivity index (χ1n) is 6.09. The molecule has 0 aliphatic rings. The van der Waals surface area contributed by atoms with E-state index in [0.717, 1.165) is 17.2 Å². The molecule has 8 nitrogen and oxygen atoms in total. The fraction of sp³-hybridized carbons (Fsp3) is 0.0769. The number of fused-ring (bicyclic) bond motifs is 1. The number of hydrogen-bond acceptors (Lipinski definition) is 6. The monoisotopic (exact) mass is 285 g/mol. The van der Waals surface area contributed by atoms with E-state index in [1.807, 2.05) is 12.1 Å². The van der Waals surface area contributed by atoms with Gasteiger partial charge in [-0.2, -0.15) is 0 Å². The fourth-order valence-electron chi connectivity index (χ4n) is 1.84. The van der Waals surface area contributed by atoms with Crippen LogP contribution in [-0.4, -0.2) is 31.1 Å². The summed E-state index contributed by atoms with van der Waals surface area (Å²) in [6.45, 7) is 0.418. The summed E-state index contributed by atoms with van der Waals surface area (Å²) in [7, 11) is 0. The molecule has 0 atom stereocenters. The predicted octanol–water partition coefficient (Wildman–Crippen LogP) is 0.986. The molecule has 3 aromatic heterocycles. The number of carbonyl (C=O) groups is 1. The van der Waals surface area contributed by atoms with E-state index >= 15 is 0 Å². The molecule has 0 unspecified atom stereocenters. The van der Waals surface area contributed by atoms with E-state index in [2.05, 4.69) is 15.3 Å². The summed E-state index contributed by atoms with van der Waals surface area (Å²) in [5.74, 6) is 0.0980. The molecule has 0 aliphatic carbocycles. The molecule has 106 valence electrons. The minimum atomic E-state index is -0.630. The van der Waals surface area contributed by atoms with Gasteiger partial charge in [0, 0.05) is 17.7 Å². The molecule has 0 spiro atoms. The maximum absolute atomic E-state index is 10.9. The summed E-state index contributed by atoms with van der Waals surface area (Å²) in [5, 5.41) is 17.2. The molecule has 0 radical (unpaired) electrons. The number of carbonyl (C=O) groups excluding carboxylic acids is 1. The summed E-state index contributed by atoms with van der Waals surface area (Å²) in [6, 6.07) is 3.78. The highest BCUT2D eigenvalue weighted by molar-refractivity contribution is 5.90. The van der Waals surface area contributed by atoms with Gasteiger partial charge in [0.25, 0.3) is 5.91 Å². The van der Waals surface area contributed by atoms with Gasteiger partial charge in [0.1, 0.15) is 18.0 Å². The number of hydrogen-bond donors (Lipinski definition) is 2. The Balaban J connectivity index is 1.74. The van der Waals surface area contributed by atoms with Gasteiger partial charge in [-0.05, 0) is 18.2 Å². The average molecular weight is 285 g/mol. The first kappa shape index (κ1) is 13.0. The van der Waals surface area contributed by atoms with Crippen molar-refractivity contribution in [2.45, 2.75) is 6.54 Å². The highest BCUT2D eigenvalue weighted by atomic mass is 16.5. The molecule has 0 fully saturated rings. The summed E-state index contributed by atoms with van der Waals surface area (Å²) in [5.41, 5.74) is 2.71. The van der Waals surface area contributed by atoms with Crippen molar-refractivity contribution in [1.82, 2.24) is 25.5 Å². The molecular weight excluding hydrogens is 274 g/mol. The number of nitrogens with one attached hydrogen (secondary N) is 1. The first-order chi connectivity index (χ1) is 10.2. The second kappa shape index (κ2) is 5.55. The van der Waals surface area contributed by atoms with Crippen LogP contribution in [0.1, 0.15) is 11.5 Å². The molecule has 0 bridgehead atoms. The van der Waals surface area contributed by atoms with Crippen LogP contribution < -0.4 is 5.48 Å². The minimum absolute atomic E-state index is 0.418. The molecule has 0 aromatic carbocycles. The largest absolute Gasteiger partial charge is 0.457 e. The number of aromatic nitrogens is 4. The Morgan fingerprint density at radius 1 is 1.52 bits per heavy atom. The summed E-state index contributed by atoms with van der Waals surface area (Å²) in [6.07, 6.45) is 7.61. The van der Waals surface area contributed by atoms with Gasteiger partial charge in [0.2, 0.25) is 0 Å². The zero-order valence-electron chi connectivity index (χ0n) is 10.8. The van der Waals surface area contributed by atoms with E-state index in [-0.39, 0.29) is 0 Å². The van der Waals surface area contributed by atoms with Crippen molar-refractivity contribution in [2.24, 2.45) is 0 Å². The minimum Gasteiger partial charge on any atom is -0.457 e. The average Bonchev–Trinajstić information content (AvgIpc) is 3.10. The van der Waals surface area contributed by atoms with Crippen molar-refractivity contribution >= 4 is 23.0 Å². The van der Waals surface area contributed by atoms with Crippen LogP contribution in [0.4, 0.5) is 0 Å². The topological polar surface area (TPSA) is 106 Å². The first-order valence-corrected chi connectivity index (χ1v) is 6.09. The molecule has 21 heavy (non-hydrogen) atoms. The van der Waals surface area contributed by atoms with Gasteiger partial charge < -0.3 is 4.42 Å². The SMILES string of the molecule is O=C(/C=C/c1cn(Cc2cc3ccncc3o2)nn1)NO. The van der Waals surface area contributed by atoms with Crippen LogP contribution in [0.2, 0.25) is 0 Å². The van der Waals surface area contributed by atoms with Crippen LogP contribution in [0.25, 0.3) is 17.0 Å². The molecule has 0 saturated heterocycles. The predicted molar refractivity (Wildman–Crippen MR) is 72.1 cm³/mol. The Morgan fingerprint density at radius 2 is 2.43 bits per heavy atom. The second-order valence-electron chi connectivity index (χ2n) is 4.28. The normalized spacial score (nSPS) is 11.3. The highest BCUT2D eigenvalue weighted by Gasteiger charge is 2.06. The van der Waals surface area contributed by atoms with Crippen molar-refractivity contribution < 1.29 is 14.4 Å². The third-order valence-corrected chi connectivity index (χ3v) is 2.76. The number of amides is 1. The molecule has 3 rings (SSSR count). The maximum atomic E-state index is 10.9. The van der Waals surface area contributed by atoms with Crippen molar-refractivity contribution in [3.63, 3.8) is 0 Å². The molecule has 3 aromatic rings. The van der Waals surface area contributed by atoms with Crippen LogP contribution in [0.5, 0.6) is 0 Å². The molecular formula is C13H11N5O3. The van der Waals surface area contributed by atoms with Crippen LogP contribution in [0, 0.1) is 0 Å². The lowest BCUT2D eigenvalue weighted by Crippen LogP contribution is -2.14. The van der Waals surface area contributed by atoms with Crippen LogP contribution in [-0.2, 0) is 11.3 Å². The van der Waals surface area contributed by atoms with Crippen LogP contribution in [0.15, 0.2) is 41.2 Å². The number of furan rings is 1. The summed E-state index contributed by atoms with van der Waals surface area (Å²) < 4.78 is 7.22. The second-order valence-corrected chi connectivity index (χ2v) is 4.28. The van der Waals surface area contributed by atoms with E-state index in [1.165, 1.54) is 11.6 Å². The maximum Gasteiger partial charge on any atom is 0.267 e. The van der Waals surface area contributed by atoms with Crippen molar-refractivity contribution in [3.8, 4) is 0 Å². The molecule has 1 amide bonds. The van der Waals surface area contributed by atoms with Gasteiger partial charge in [-0.15, -0.1) is 5.10 Å². The lowest BCUT2D eigenvalue weighted by atomic mass is 10.3. The third-order valence-electron chi connectivity index (χ3n) is 2.76. The van der Waals surface area contributed by atoms with Gasteiger partial charge in [0.05, 0.1) is 12.4 Å². The Bertz CT molecular complexity index is 772. The zero-order chi connectivity index (χ0) is 14.7. The number of rotatable bonds is 4. The molecule has 8 heteroatoms. The quantitative estimate of drug-likeness (QED) is 0.420. The smallest absolute Gasteiger partial charge is 0.267 e. The summed E-state index contributed by atoms with van der Waals surface area (Å²) >= 11 is 0. The number of hydroxylamine groups is 1. The van der Waals surface area contributed by atoms with E-state index < -0.39 is 5.91 Å². The van der Waals surface area contributed by atoms with Gasteiger partial charge in [-0.3, -0.25) is 15.0 Å². The Hall–Kier alpha value is -3.00. The highest BCUT2D eigenvalue weighted by Crippen LogP contribution is 2.18. The molecule has 0 saturated carbocycles. The van der Waals surface area contributed by atoms with Crippen LogP contribution in [0.3, 0.4) is 0 Å². The number of nitrogens with zero attached hydrogens (tertiary/aromatic N) is 4. The molecule has 3 heterocycles. The van der Waals surface area contributed by atoms with E-state index in [1.54, 1.807) is 23.3 Å². The van der Waals surface area contributed by atoms with Gasteiger partial charge >= 0.3 is 0 Å². The fourth-order valence-corrected chi connectivity index (χ4v) is 1.84. The van der Waals surface area contributed by atoms with Crippen molar-refractivity contribution in [1.29, 1.82) is 0 Å². The zero-order valence-corrected chi connectivity index (χ0v) is 10.8. The molecule has 0 aliphatic heterocycles. The van der Waals surface area contributed by atoms with Gasteiger partial charge in [-0.25, -0.2) is 10.2 Å². The Kier molecular flexibility index (Phi) is 3.44. The number of pyridine rings is 1. The lowest BCUT2D eigenvalue weighted by Gasteiger charge is -1.94. The third kappa shape index (κ3) is 2.95. The van der Waals surface area contributed by atoms with Crippen molar-refractivity contribution in [2.75, 3.05) is 0 Å².